The van der Waals surface area contributed by atoms with Crippen molar-refractivity contribution >= 4 is 29.1 Å². The minimum absolute atomic E-state index is 0.289. The summed E-state index contributed by atoms with van der Waals surface area (Å²) < 4.78 is 0. The first-order chi connectivity index (χ1) is 13.5. The summed E-state index contributed by atoms with van der Waals surface area (Å²) in [5.41, 5.74) is 3.82. The molecule has 0 unspecified atom stereocenters. The summed E-state index contributed by atoms with van der Waals surface area (Å²) in [7, 11) is 0. The van der Waals surface area contributed by atoms with E-state index in [1.807, 2.05) is 56.0 Å². The molecule has 1 aromatic heterocycles. The number of aromatic nitrogens is 2. The van der Waals surface area contributed by atoms with Crippen LogP contribution in [0.1, 0.15) is 34.2 Å². The predicted octanol–water partition coefficient (Wildman–Crippen LogP) is 5.03. The number of aryl methyl sites for hydroxylation is 2. The summed E-state index contributed by atoms with van der Waals surface area (Å²) in [5.74, 6) is 0.251. The van der Waals surface area contributed by atoms with Crippen molar-refractivity contribution in [1.29, 1.82) is 0 Å². The van der Waals surface area contributed by atoms with E-state index >= 15 is 0 Å². The lowest BCUT2D eigenvalue weighted by Crippen LogP contribution is -2.26. The highest BCUT2D eigenvalue weighted by atomic mass is 35.5. The molecular formula is C22H23ClN4O. The molecule has 3 aromatic rings. The Bertz CT molecular complexity index is 976. The molecule has 3 rings (SSSR count). The van der Waals surface area contributed by atoms with Crippen LogP contribution in [0.25, 0.3) is 0 Å². The average Bonchev–Trinajstić information content (AvgIpc) is 2.69. The van der Waals surface area contributed by atoms with E-state index in [0.717, 1.165) is 23.4 Å². The second-order valence-electron chi connectivity index (χ2n) is 6.61. The van der Waals surface area contributed by atoms with Gasteiger partial charge in [0.2, 0.25) is 5.95 Å². The smallest absolute Gasteiger partial charge is 0.274 e. The van der Waals surface area contributed by atoms with Crippen molar-refractivity contribution < 1.29 is 4.79 Å². The Morgan fingerprint density at radius 2 is 1.82 bits per heavy atom. The van der Waals surface area contributed by atoms with Gasteiger partial charge < -0.3 is 10.2 Å². The fourth-order valence-corrected chi connectivity index (χ4v) is 2.98. The zero-order valence-electron chi connectivity index (χ0n) is 16.2. The highest BCUT2D eigenvalue weighted by molar-refractivity contribution is 6.31. The van der Waals surface area contributed by atoms with Crippen molar-refractivity contribution in [3.63, 3.8) is 0 Å². The van der Waals surface area contributed by atoms with Crippen LogP contribution >= 0.6 is 11.6 Å². The summed E-state index contributed by atoms with van der Waals surface area (Å²) in [6.45, 7) is 7.23. The lowest BCUT2D eigenvalue weighted by Gasteiger charge is -2.21. The van der Waals surface area contributed by atoms with E-state index < -0.39 is 0 Å². The monoisotopic (exact) mass is 394 g/mol. The Morgan fingerprint density at radius 1 is 1.07 bits per heavy atom. The maximum absolute atomic E-state index is 12.7. The van der Waals surface area contributed by atoms with Gasteiger partial charge in [-0.3, -0.25) is 4.79 Å². The molecule has 6 heteroatoms. The van der Waals surface area contributed by atoms with Crippen molar-refractivity contribution in [2.45, 2.75) is 27.3 Å². The van der Waals surface area contributed by atoms with Crippen molar-refractivity contribution in [1.82, 2.24) is 9.97 Å². The van der Waals surface area contributed by atoms with Crippen molar-refractivity contribution in [3.8, 4) is 0 Å². The molecular weight excluding hydrogens is 372 g/mol. The number of hydrogen-bond acceptors (Lipinski definition) is 4. The molecule has 0 fully saturated rings. The number of carbonyl (C=O) groups excluding carboxylic acids is 1. The van der Waals surface area contributed by atoms with E-state index in [0.29, 0.717) is 28.9 Å². The number of anilines is 2. The summed E-state index contributed by atoms with van der Waals surface area (Å²) in [6.07, 6.45) is 0. The van der Waals surface area contributed by atoms with E-state index in [1.54, 1.807) is 12.1 Å². The molecule has 0 aliphatic heterocycles. The van der Waals surface area contributed by atoms with E-state index in [-0.39, 0.29) is 5.91 Å². The van der Waals surface area contributed by atoms with Crippen molar-refractivity contribution in [2.24, 2.45) is 0 Å². The van der Waals surface area contributed by atoms with Crippen LogP contribution in [-0.4, -0.2) is 22.4 Å². The van der Waals surface area contributed by atoms with Crippen LogP contribution in [0, 0.1) is 13.8 Å². The van der Waals surface area contributed by atoms with Gasteiger partial charge in [-0.1, -0.05) is 48.0 Å². The minimum Gasteiger partial charge on any atom is -0.337 e. The number of rotatable bonds is 6. The standard InChI is InChI=1S/C22H23ClN4O/c1-4-27(14-17-8-6-5-7-9-17)22-24-16(3)12-20(26-22)21(28)25-18-11-10-15(2)19(23)13-18/h5-13H,4,14H2,1-3H3,(H,25,28). The number of halogens is 1. The Morgan fingerprint density at radius 3 is 2.50 bits per heavy atom. The maximum Gasteiger partial charge on any atom is 0.274 e. The summed E-state index contributed by atoms with van der Waals surface area (Å²) >= 11 is 6.15. The van der Waals surface area contributed by atoms with Crippen LogP contribution in [0.5, 0.6) is 0 Å². The molecule has 1 amide bonds. The highest BCUT2D eigenvalue weighted by Gasteiger charge is 2.15. The van der Waals surface area contributed by atoms with Crippen LogP contribution in [-0.2, 0) is 6.54 Å². The highest BCUT2D eigenvalue weighted by Crippen LogP contribution is 2.21. The van der Waals surface area contributed by atoms with Gasteiger partial charge in [-0.25, -0.2) is 9.97 Å². The first-order valence-corrected chi connectivity index (χ1v) is 9.56. The fourth-order valence-electron chi connectivity index (χ4n) is 2.80. The maximum atomic E-state index is 12.7. The third-order valence-electron chi connectivity index (χ3n) is 4.39. The number of hydrogen-bond donors (Lipinski definition) is 1. The summed E-state index contributed by atoms with van der Waals surface area (Å²) in [4.78, 5) is 23.8. The number of amides is 1. The largest absolute Gasteiger partial charge is 0.337 e. The van der Waals surface area contributed by atoms with Crippen LogP contribution < -0.4 is 10.2 Å². The fraction of sp³-hybridized carbons (Fsp3) is 0.227. The molecule has 0 saturated heterocycles. The van der Waals surface area contributed by atoms with E-state index in [4.69, 9.17) is 11.6 Å². The summed E-state index contributed by atoms with van der Waals surface area (Å²) in [6, 6.07) is 17.2. The molecule has 5 nitrogen and oxygen atoms in total. The third kappa shape index (κ3) is 4.87. The van der Waals surface area contributed by atoms with E-state index in [9.17, 15) is 4.79 Å². The molecule has 0 spiro atoms. The van der Waals surface area contributed by atoms with Gasteiger partial charge in [0.05, 0.1) is 0 Å². The molecule has 28 heavy (non-hydrogen) atoms. The van der Waals surface area contributed by atoms with Crippen LogP contribution in [0.2, 0.25) is 5.02 Å². The molecule has 0 atom stereocenters. The Kier molecular flexibility index (Phi) is 6.26. The second-order valence-corrected chi connectivity index (χ2v) is 7.02. The van der Waals surface area contributed by atoms with Crippen molar-refractivity contribution in [2.75, 3.05) is 16.8 Å². The van der Waals surface area contributed by atoms with Gasteiger partial charge in [-0.15, -0.1) is 0 Å². The van der Waals surface area contributed by atoms with Crippen molar-refractivity contribution in [3.05, 3.63) is 82.1 Å². The SMILES string of the molecule is CCN(Cc1ccccc1)c1nc(C)cc(C(=O)Nc2ccc(C)c(Cl)c2)n1. The normalized spacial score (nSPS) is 10.6. The molecule has 0 saturated carbocycles. The molecule has 1 heterocycles. The molecule has 2 aromatic carbocycles. The van der Waals surface area contributed by atoms with Crippen LogP contribution in [0.4, 0.5) is 11.6 Å². The van der Waals surface area contributed by atoms with Gasteiger partial charge in [0, 0.05) is 29.5 Å². The van der Waals surface area contributed by atoms with E-state index in [1.165, 1.54) is 0 Å². The summed E-state index contributed by atoms with van der Waals surface area (Å²) in [5, 5.41) is 3.46. The van der Waals surface area contributed by atoms with Crippen LogP contribution in [0.3, 0.4) is 0 Å². The lowest BCUT2D eigenvalue weighted by atomic mass is 10.2. The molecule has 0 radical (unpaired) electrons. The Balaban J connectivity index is 1.83. The second kappa shape index (κ2) is 8.85. The van der Waals surface area contributed by atoms with E-state index in [2.05, 4.69) is 27.4 Å². The zero-order valence-corrected chi connectivity index (χ0v) is 17.0. The molecule has 0 aliphatic rings. The number of benzene rings is 2. The predicted molar refractivity (Wildman–Crippen MR) is 114 cm³/mol. The number of nitrogens with one attached hydrogen (secondary N) is 1. The quantitative estimate of drug-likeness (QED) is 0.637. The zero-order chi connectivity index (χ0) is 20.1. The Hall–Kier alpha value is -2.92. The first-order valence-electron chi connectivity index (χ1n) is 9.18. The topological polar surface area (TPSA) is 58.1 Å². The number of nitrogens with zero attached hydrogens (tertiary/aromatic N) is 3. The molecule has 1 N–H and O–H groups in total. The van der Waals surface area contributed by atoms with Gasteiger partial charge in [0.15, 0.2) is 0 Å². The van der Waals surface area contributed by atoms with Gasteiger partial charge in [-0.2, -0.15) is 0 Å². The molecule has 0 aliphatic carbocycles. The molecule has 144 valence electrons. The average molecular weight is 395 g/mol. The van der Waals surface area contributed by atoms with Gasteiger partial charge in [0.25, 0.3) is 5.91 Å². The molecule has 0 bridgehead atoms. The minimum atomic E-state index is -0.289. The van der Waals surface area contributed by atoms with Gasteiger partial charge >= 0.3 is 0 Å². The third-order valence-corrected chi connectivity index (χ3v) is 4.79. The van der Waals surface area contributed by atoms with Crippen LogP contribution in [0.15, 0.2) is 54.6 Å². The number of carbonyl (C=O) groups is 1. The van der Waals surface area contributed by atoms with Gasteiger partial charge in [-0.05, 0) is 50.1 Å². The lowest BCUT2D eigenvalue weighted by molar-refractivity contribution is 0.102. The first kappa shape index (κ1) is 19.8. The van der Waals surface area contributed by atoms with Gasteiger partial charge in [0.1, 0.15) is 5.69 Å². The Labute approximate surface area is 170 Å².